The second-order valence-electron chi connectivity index (χ2n) is 7.02. The van der Waals surface area contributed by atoms with Crippen molar-refractivity contribution in [3.63, 3.8) is 0 Å². The molecule has 128 valence electrons. The fraction of sp³-hybridized carbons (Fsp3) is 0.273. The van der Waals surface area contributed by atoms with E-state index in [1.807, 2.05) is 52.0 Å². The molecule has 0 aromatic heterocycles. The van der Waals surface area contributed by atoms with E-state index in [4.69, 9.17) is 0 Å². The molecule has 1 atom stereocenters. The fourth-order valence-corrected chi connectivity index (χ4v) is 3.35. The zero-order valence-electron chi connectivity index (χ0n) is 15.0. The smallest absolute Gasteiger partial charge is 0.140 e. The Balaban J connectivity index is 2.34. The molecule has 3 rings (SSSR count). The van der Waals surface area contributed by atoms with Crippen molar-refractivity contribution in [2.24, 2.45) is 5.41 Å². The topological polar surface area (TPSA) is 54.4 Å². The van der Waals surface area contributed by atoms with Crippen LogP contribution in [-0.2, 0) is 9.59 Å². The van der Waals surface area contributed by atoms with Crippen LogP contribution in [0.3, 0.4) is 0 Å². The lowest BCUT2D eigenvalue weighted by Gasteiger charge is -2.33. The minimum Gasteiger partial charge on any atom is -0.387 e. The molecule has 0 radical (unpaired) electrons. The highest BCUT2D eigenvalue weighted by atomic mass is 16.3. The van der Waals surface area contributed by atoms with E-state index in [9.17, 15) is 14.7 Å². The van der Waals surface area contributed by atoms with Gasteiger partial charge in [-0.15, -0.1) is 0 Å². The van der Waals surface area contributed by atoms with E-state index >= 15 is 0 Å². The maximum Gasteiger partial charge on any atom is 0.140 e. The van der Waals surface area contributed by atoms with Gasteiger partial charge in [0, 0.05) is 0 Å². The molecule has 1 aliphatic rings. The molecule has 0 heterocycles. The van der Waals surface area contributed by atoms with Crippen LogP contribution < -0.4 is 0 Å². The first kappa shape index (κ1) is 17.3. The number of benzene rings is 2. The molecule has 1 unspecified atom stereocenters. The van der Waals surface area contributed by atoms with Crippen molar-refractivity contribution in [3.8, 4) is 0 Å². The van der Waals surface area contributed by atoms with Gasteiger partial charge in [0.2, 0.25) is 0 Å². The van der Waals surface area contributed by atoms with Crippen LogP contribution in [0.2, 0.25) is 0 Å². The molecule has 0 aliphatic heterocycles. The average Bonchev–Trinajstić information content (AvgIpc) is 2.60. The summed E-state index contributed by atoms with van der Waals surface area (Å²) in [6.45, 7) is 8.05. The molecular formula is C22H22O3. The lowest BCUT2D eigenvalue weighted by atomic mass is 9.71. The van der Waals surface area contributed by atoms with E-state index in [0.29, 0.717) is 18.1 Å². The van der Waals surface area contributed by atoms with Gasteiger partial charge in [-0.3, -0.25) is 0 Å². The predicted molar refractivity (Wildman–Crippen MR) is 98.4 cm³/mol. The molecule has 0 saturated heterocycles. The number of rotatable bonds is 3. The summed E-state index contributed by atoms with van der Waals surface area (Å²) in [6, 6.07) is 9.98. The maximum atomic E-state index is 11.7. The lowest BCUT2D eigenvalue weighted by molar-refractivity contribution is -0.129. The summed E-state index contributed by atoms with van der Waals surface area (Å²) >= 11 is 0. The molecular weight excluding hydrogens is 312 g/mol. The van der Waals surface area contributed by atoms with Crippen LogP contribution in [0.15, 0.2) is 36.4 Å². The van der Waals surface area contributed by atoms with Gasteiger partial charge in [0.15, 0.2) is 0 Å². The van der Waals surface area contributed by atoms with Gasteiger partial charge in [-0.05, 0) is 72.2 Å². The quantitative estimate of drug-likeness (QED) is 0.686. The van der Waals surface area contributed by atoms with E-state index in [1.54, 1.807) is 6.08 Å². The molecule has 1 aliphatic carbocycles. The molecule has 0 spiro atoms. The number of carbonyl (C=O) groups excluding carboxylic acids is 2. The Morgan fingerprint density at radius 1 is 0.880 bits per heavy atom. The molecule has 3 nitrogen and oxygen atoms in total. The Morgan fingerprint density at radius 2 is 1.48 bits per heavy atom. The van der Waals surface area contributed by atoms with Gasteiger partial charge in [0.05, 0.1) is 0 Å². The summed E-state index contributed by atoms with van der Waals surface area (Å²) < 4.78 is 0. The van der Waals surface area contributed by atoms with Crippen molar-refractivity contribution in [1.82, 2.24) is 0 Å². The van der Waals surface area contributed by atoms with E-state index in [0.717, 1.165) is 33.4 Å². The lowest BCUT2D eigenvalue weighted by Crippen LogP contribution is -2.34. The third-order valence-electron chi connectivity index (χ3n) is 5.34. The Labute approximate surface area is 148 Å². The summed E-state index contributed by atoms with van der Waals surface area (Å²) in [7, 11) is 0. The number of aliphatic hydroxyl groups is 1. The molecule has 1 N–H and O–H groups in total. The number of aldehydes is 2. The van der Waals surface area contributed by atoms with Crippen LogP contribution in [0, 0.1) is 33.1 Å². The van der Waals surface area contributed by atoms with Crippen molar-refractivity contribution in [3.05, 3.63) is 75.4 Å². The largest absolute Gasteiger partial charge is 0.387 e. The Morgan fingerprint density at radius 3 is 2.08 bits per heavy atom. The number of hydrogen-bond acceptors (Lipinski definition) is 3. The molecule has 3 heteroatoms. The number of aryl methyl sites for hydroxylation is 4. The average molecular weight is 334 g/mol. The minimum atomic E-state index is -1.55. The van der Waals surface area contributed by atoms with Crippen molar-refractivity contribution >= 4 is 18.1 Å². The number of hydrogen-bond donors (Lipinski definition) is 1. The monoisotopic (exact) mass is 334 g/mol. The minimum absolute atomic E-state index is 0.545. The van der Waals surface area contributed by atoms with E-state index in [1.165, 1.54) is 5.56 Å². The van der Waals surface area contributed by atoms with Crippen molar-refractivity contribution in [1.29, 1.82) is 0 Å². The third-order valence-corrected chi connectivity index (χ3v) is 5.34. The summed E-state index contributed by atoms with van der Waals surface area (Å²) in [6.07, 6.45) is 1.53. The fourth-order valence-electron chi connectivity index (χ4n) is 3.35. The van der Waals surface area contributed by atoms with Gasteiger partial charge in [-0.2, -0.15) is 0 Å². The maximum absolute atomic E-state index is 11.7. The van der Waals surface area contributed by atoms with Gasteiger partial charge in [0.1, 0.15) is 24.1 Å². The molecule has 0 amide bonds. The molecule has 0 saturated carbocycles. The first-order valence-corrected chi connectivity index (χ1v) is 8.35. The highest BCUT2D eigenvalue weighted by Crippen LogP contribution is 2.45. The second-order valence-corrected chi connectivity index (χ2v) is 7.02. The van der Waals surface area contributed by atoms with Gasteiger partial charge in [-0.25, -0.2) is 0 Å². The second kappa shape index (κ2) is 6.08. The third kappa shape index (κ3) is 2.65. The van der Waals surface area contributed by atoms with E-state index in [-0.39, 0.29) is 0 Å². The number of fused-ring (bicyclic) bond motifs is 1. The zero-order chi connectivity index (χ0) is 18.4. The Kier molecular flexibility index (Phi) is 4.21. The molecule has 0 fully saturated rings. The van der Waals surface area contributed by atoms with Crippen LogP contribution >= 0.6 is 0 Å². The molecule has 25 heavy (non-hydrogen) atoms. The van der Waals surface area contributed by atoms with Crippen molar-refractivity contribution in [2.75, 3.05) is 0 Å². The standard InChI is InChI=1S/C22H22O3/c1-13-5-6-17(7-14(13)2)20-10-22(11-23,12-24)21(25)19-9-16(4)15(3)8-18(19)20/h5-12,21,25H,1-4H3. The van der Waals surface area contributed by atoms with E-state index in [2.05, 4.69) is 6.07 Å². The molecule has 0 bridgehead atoms. The van der Waals surface area contributed by atoms with Gasteiger partial charge in [0.25, 0.3) is 0 Å². The first-order valence-electron chi connectivity index (χ1n) is 8.35. The van der Waals surface area contributed by atoms with Crippen molar-refractivity contribution in [2.45, 2.75) is 33.8 Å². The summed E-state index contributed by atoms with van der Waals surface area (Å²) in [5, 5.41) is 10.7. The first-order chi connectivity index (χ1) is 11.8. The van der Waals surface area contributed by atoms with Gasteiger partial charge in [-0.1, -0.05) is 36.4 Å². The zero-order valence-corrected chi connectivity index (χ0v) is 15.0. The Hall–Kier alpha value is -2.52. The summed E-state index contributed by atoms with van der Waals surface area (Å²) in [4.78, 5) is 23.5. The van der Waals surface area contributed by atoms with Gasteiger partial charge >= 0.3 is 0 Å². The highest BCUT2D eigenvalue weighted by Gasteiger charge is 2.42. The Bertz CT molecular complexity index is 898. The number of aliphatic hydroxyl groups excluding tert-OH is 1. The molecule has 2 aromatic carbocycles. The predicted octanol–water partition coefficient (Wildman–Crippen LogP) is 3.78. The van der Waals surface area contributed by atoms with Crippen molar-refractivity contribution < 1.29 is 14.7 Å². The van der Waals surface area contributed by atoms with Gasteiger partial charge < -0.3 is 14.7 Å². The summed E-state index contributed by atoms with van der Waals surface area (Å²) in [5.41, 5.74) is 6.13. The highest BCUT2D eigenvalue weighted by molar-refractivity contribution is 5.96. The van der Waals surface area contributed by atoms with Crippen LogP contribution in [-0.4, -0.2) is 17.7 Å². The summed E-state index contributed by atoms with van der Waals surface area (Å²) in [5.74, 6) is 0. The SMILES string of the molecule is Cc1ccc(C2=CC(C=O)(C=O)C(O)c3cc(C)c(C)cc32)cc1C. The molecule has 2 aromatic rings. The van der Waals surface area contributed by atoms with E-state index < -0.39 is 11.5 Å². The van der Waals surface area contributed by atoms with Crippen LogP contribution in [0.1, 0.15) is 45.0 Å². The normalized spacial score (nSPS) is 18.3. The number of carbonyl (C=O) groups is 2. The van der Waals surface area contributed by atoms with Crippen LogP contribution in [0.5, 0.6) is 0 Å². The van der Waals surface area contributed by atoms with Crippen LogP contribution in [0.25, 0.3) is 5.57 Å². The van der Waals surface area contributed by atoms with Crippen LogP contribution in [0.4, 0.5) is 0 Å².